The molecule has 1 amide bonds. The van der Waals surface area contributed by atoms with Gasteiger partial charge in [0.05, 0.1) is 24.8 Å². The van der Waals surface area contributed by atoms with Crippen LogP contribution in [0.2, 0.25) is 0 Å². The van der Waals surface area contributed by atoms with Gasteiger partial charge in [-0.3, -0.25) is 9.69 Å². The summed E-state index contributed by atoms with van der Waals surface area (Å²) in [7, 11) is 0. The number of rotatable bonds is 5. The SMILES string of the molecule is C[C@H]1CN(C(=O)CN(CCC#N)C2CC2)C[C@H](C)O1. The molecule has 0 bridgehead atoms. The normalized spacial score (nSPS) is 27.4. The van der Waals surface area contributed by atoms with Gasteiger partial charge >= 0.3 is 0 Å². The van der Waals surface area contributed by atoms with Crippen molar-refractivity contribution >= 4 is 5.91 Å². The van der Waals surface area contributed by atoms with Crippen molar-refractivity contribution in [2.24, 2.45) is 0 Å². The first kappa shape index (κ1) is 14.3. The van der Waals surface area contributed by atoms with Crippen LogP contribution in [0.4, 0.5) is 0 Å². The van der Waals surface area contributed by atoms with Crippen molar-refractivity contribution in [1.29, 1.82) is 5.26 Å². The summed E-state index contributed by atoms with van der Waals surface area (Å²) in [5.74, 6) is 0.173. The second kappa shape index (κ2) is 6.36. The van der Waals surface area contributed by atoms with Crippen molar-refractivity contribution in [2.75, 3.05) is 26.2 Å². The molecular formula is C14H23N3O2. The minimum atomic E-state index is 0.112. The fourth-order valence-electron chi connectivity index (χ4n) is 2.68. The summed E-state index contributed by atoms with van der Waals surface area (Å²) in [6.07, 6.45) is 3.05. The van der Waals surface area contributed by atoms with Gasteiger partial charge in [0.15, 0.2) is 0 Å². The van der Waals surface area contributed by atoms with E-state index in [1.807, 2.05) is 18.7 Å². The van der Waals surface area contributed by atoms with Gasteiger partial charge in [0.2, 0.25) is 5.91 Å². The number of morpholine rings is 1. The van der Waals surface area contributed by atoms with E-state index >= 15 is 0 Å². The number of carbonyl (C=O) groups is 1. The van der Waals surface area contributed by atoms with Crippen LogP contribution >= 0.6 is 0 Å². The summed E-state index contributed by atoms with van der Waals surface area (Å²) in [6, 6.07) is 2.68. The summed E-state index contributed by atoms with van der Waals surface area (Å²) in [5.41, 5.74) is 0. The van der Waals surface area contributed by atoms with Crippen LogP contribution in [0.3, 0.4) is 0 Å². The topological polar surface area (TPSA) is 56.6 Å². The van der Waals surface area contributed by atoms with E-state index in [0.717, 1.165) is 12.8 Å². The smallest absolute Gasteiger partial charge is 0.236 e. The summed E-state index contributed by atoms with van der Waals surface area (Å²) in [6.45, 7) is 6.53. The molecule has 2 fully saturated rings. The van der Waals surface area contributed by atoms with E-state index < -0.39 is 0 Å². The summed E-state index contributed by atoms with van der Waals surface area (Å²) in [4.78, 5) is 16.4. The third-order valence-electron chi connectivity index (χ3n) is 3.68. The number of hydrogen-bond acceptors (Lipinski definition) is 4. The first-order chi connectivity index (χ1) is 9.10. The second-order valence-electron chi connectivity index (χ2n) is 5.67. The molecule has 2 aliphatic rings. The number of hydrogen-bond donors (Lipinski definition) is 0. The Labute approximate surface area is 115 Å². The molecule has 1 heterocycles. The van der Waals surface area contributed by atoms with Gasteiger partial charge in [0.25, 0.3) is 0 Å². The Kier molecular flexibility index (Phi) is 4.78. The molecule has 5 heteroatoms. The zero-order valence-electron chi connectivity index (χ0n) is 11.8. The summed E-state index contributed by atoms with van der Waals surface area (Å²) < 4.78 is 5.65. The van der Waals surface area contributed by atoms with Crippen molar-refractivity contribution in [1.82, 2.24) is 9.80 Å². The van der Waals surface area contributed by atoms with Crippen LogP contribution in [0.15, 0.2) is 0 Å². The van der Waals surface area contributed by atoms with Crippen LogP contribution in [0.5, 0.6) is 0 Å². The predicted octanol–water partition coefficient (Wildman–Crippen LogP) is 1.00. The molecule has 5 nitrogen and oxygen atoms in total. The Hall–Kier alpha value is -1.12. The van der Waals surface area contributed by atoms with Gasteiger partial charge in [0, 0.05) is 32.1 Å². The maximum absolute atomic E-state index is 12.3. The number of ether oxygens (including phenoxy) is 1. The van der Waals surface area contributed by atoms with Gasteiger partial charge < -0.3 is 9.64 Å². The molecule has 0 aromatic carbocycles. The van der Waals surface area contributed by atoms with E-state index in [9.17, 15) is 4.79 Å². The molecular weight excluding hydrogens is 242 g/mol. The van der Waals surface area contributed by atoms with Gasteiger partial charge in [-0.2, -0.15) is 5.26 Å². The molecule has 2 rings (SSSR count). The van der Waals surface area contributed by atoms with Gasteiger partial charge in [-0.1, -0.05) is 0 Å². The lowest BCUT2D eigenvalue weighted by Gasteiger charge is -2.36. The molecule has 0 unspecified atom stereocenters. The highest BCUT2D eigenvalue weighted by molar-refractivity contribution is 5.78. The summed E-state index contributed by atoms with van der Waals surface area (Å²) in [5, 5.41) is 8.68. The van der Waals surface area contributed by atoms with E-state index in [1.54, 1.807) is 0 Å². The van der Waals surface area contributed by atoms with Crippen molar-refractivity contribution in [2.45, 2.75) is 51.4 Å². The Morgan fingerprint density at radius 3 is 2.53 bits per heavy atom. The molecule has 1 aliphatic heterocycles. The minimum absolute atomic E-state index is 0.112. The van der Waals surface area contributed by atoms with Gasteiger partial charge in [-0.05, 0) is 26.7 Å². The average molecular weight is 265 g/mol. The quantitative estimate of drug-likeness (QED) is 0.744. The highest BCUT2D eigenvalue weighted by Gasteiger charge is 2.32. The Balaban J connectivity index is 1.86. The van der Waals surface area contributed by atoms with E-state index in [4.69, 9.17) is 10.00 Å². The highest BCUT2D eigenvalue weighted by atomic mass is 16.5. The average Bonchev–Trinajstić information content (AvgIpc) is 3.17. The largest absolute Gasteiger partial charge is 0.372 e. The molecule has 19 heavy (non-hydrogen) atoms. The van der Waals surface area contributed by atoms with E-state index in [0.29, 0.717) is 38.6 Å². The number of nitriles is 1. The van der Waals surface area contributed by atoms with Crippen molar-refractivity contribution in [3.63, 3.8) is 0 Å². The number of carbonyl (C=O) groups excluding carboxylic acids is 1. The zero-order chi connectivity index (χ0) is 13.8. The molecule has 1 aliphatic carbocycles. The van der Waals surface area contributed by atoms with Crippen LogP contribution in [0.25, 0.3) is 0 Å². The maximum atomic E-state index is 12.3. The number of amides is 1. The van der Waals surface area contributed by atoms with Gasteiger partial charge in [-0.15, -0.1) is 0 Å². The van der Waals surface area contributed by atoms with Crippen LogP contribution in [0, 0.1) is 11.3 Å². The van der Waals surface area contributed by atoms with Gasteiger partial charge in [0.1, 0.15) is 0 Å². The van der Waals surface area contributed by atoms with Gasteiger partial charge in [-0.25, -0.2) is 0 Å². The van der Waals surface area contributed by atoms with E-state index in [2.05, 4.69) is 11.0 Å². The molecule has 1 saturated carbocycles. The maximum Gasteiger partial charge on any atom is 0.236 e. The monoisotopic (exact) mass is 265 g/mol. The fourth-order valence-corrected chi connectivity index (χ4v) is 2.68. The second-order valence-corrected chi connectivity index (χ2v) is 5.67. The molecule has 106 valence electrons. The lowest BCUT2D eigenvalue weighted by Crippen LogP contribution is -2.51. The molecule has 2 atom stereocenters. The molecule has 0 aromatic heterocycles. The molecule has 1 saturated heterocycles. The van der Waals surface area contributed by atoms with Crippen LogP contribution in [-0.4, -0.2) is 60.1 Å². The number of nitrogens with zero attached hydrogens (tertiary/aromatic N) is 3. The van der Waals surface area contributed by atoms with E-state index in [1.165, 1.54) is 0 Å². The fraction of sp³-hybridized carbons (Fsp3) is 0.857. The van der Waals surface area contributed by atoms with Crippen molar-refractivity contribution in [3.8, 4) is 6.07 Å². The molecule has 0 N–H and O–H groups in total. The van der Waals surface area contributed by atoms with E-state index in [-0.39, 0.29) is 18.1 Å². The van der Waals surface area contributed by atoms with Crippen molar-refractivity contribution in [3.05, 3.63) is 0 Å². The van der Waals surface area contributed by atoms with Crippen LogP contribution < -0.4 is 0 Å². The third kappa shape index (κ3) is 4.19. The molecule has 0 spiro atoms. The zero-order valence-corrected chi connectivity index (χ0v) is 11.8. The van der Waals surface area contributed by atoms with Crippen molar-refractivity contribution < 1.29 is 9.53 Å². The third-order valence-corrected chi connectivity index (χ3v) is 3.68. The lowest BCUT2D eigenvalue weighted by atomic mass is 10.2. The van der Waals surface area contributed by atoms with Crippen LogP contribution in [0.1, 0.15) is 33.1 Å². The Bertz CT molecular complexity index is 352. The summed E-state index contributed by atoms with van der Waals surface area (Å²) >= 11 is 0. The first-order valence-corrected chi connectivity index (χ1v) is 7.14. The first-order valence-electron chi connectivity index (χ1n) is 7.14. The lowest BCUT2D eigenvalue weighted by molar-refractivity contribution is -0.144. The Morgan fingerprint density at radius 2 is 2.00 bits per heavy atom. The predicted molar refractivity (Wildman–Crippen MR) is 71.4 cm³/mol. The van der Waals surface area contributed by atoms with Crippen LogP contribution in [-0.2, 0) is 9.53 Å². The minimum Gasteiger partial charge on any atom is -0.372 e. The molecule has 0 aromatic rings. The standard InChI is InChI=1S/C14H23N3O2/c1-11-8-17(9-12(2)19-11)14(18)10-16(7-3-6-15)13-4-5-13/h11-13H,3-5,7-10H2,1-2H3/t11-,12-/m0/s1. The Morgan fingerprint density at radius 1 is 1.37 bits per heavy atom. The molecule has 0 radical (unpaired) electrons. The highest BCUT2D eigenvalue weighted by Crippen LogP contribution is 2.27.